The molecule has 0 aromatic heterocycles. The molecule has 2 amide bonds. The van der Waals surface area contributed by atoms with Gasteiger partial charge >= 0.3 is 12.0 Å². The van der Waals surface area contributed by atoms with E-state index in [1.165, 1.54) is 0 Å². The molecule has 2 aliphatic heterocycles. The summed E-state index contributed by atoms with van der Waals surface area (Å²) in [7, 11) is 0. The van der Waals surface area contributed by atoms with Crippen LogP contribution in [0.5, 0.6) is 0 Å². The van der Waals surface area contributed by atoms with E-state index in [0.29, 0.717) is 51.5 Å². The minimum atomic E-state index is -0.905. The Balaban J connectivity index is 1.84. The molecule has 0 saturated carbocycles. The summed E-state index contributed by atoms with van der Waals surface area (Å²) in [5, 5.41) is 21.1. The van der Waals surface area contributed by atoms with E-state index in [4.69, 9.17) is 9.84 Å². The Hall–Kier alpha value is -1.34. The largest absolute Gasteiger partial charge is 0.481 e. The summed E-state index contributed by atoms with van der Waals surface area (Å²) < 4.78 is 5.21. The van der Waals surface area contributed by atoms with Gasteiger partial charge in [0.25, 0.3) is 0 Å². The summed E-state index contributed by atoms with van der Waals surface area (Å²) in [6, 6.07) is -0.206. The van der Waals surface area contributed by atoms with Crippen molar-refractivity contribution in [3.05, 3.63) is 0 Å². The van der Waals surface area contributed by atoms with E-state index in [-0.39, 0.29) is 19.2 Å². The Morgan fingerprint density at radius 3 is 2.67 bits per heavy atom. The van der Waals surface area contributed by atoms with E-state index in [1.807, 2.05) is 0 Å². The molecule has 0 aromatic rings. The number of hydrogen-bond donors (Lipinski definition) is 3. The number of rotatable bonds is 5. The zero-order valence-electron chi connectivity index (χ0n) is 12.2. The minimum Gasteiger partial charge on any atom is -0.481 e. The number of carboxylic acids is 1. The number of likely N-dealkylation sites (tertiary alicyclic amines) is 1. The molecule has 1 atom stereocenters. The lowest BCUT2D eigenvalue weighted by Crippen LogP contribution is -2.49. The average molecular weight is 300 g/mol. The van der Waals surface area contributed by atoms with Crippen molar-refractivity contribution in [3.8, 4) is 0 Å². The van der Waals surface area contributed by atoms with E-state index in [1.54, 1.807) is 4.90 Å². The normalized spacial score (nSPS) is 24.8. The second-order valence-corrected chi connectivity index (χ2v) is 5.97. The number of ether oxygens (including phenoxy) is 1. The van der Waals surface area contributed by atoms with Crippen LogP contribution in [0.2, 0.25) is 0 Å². The number of aliphatic hydroxyl groups is 1. The highest BCUT2D eigenvalue weighted by atomic mass is 16.5. The Morgan fingerprint density at radius 1 is 1.33 bits per heavy atom. The number of aliphatic carboxylic acids is 1. The Morgan fingerprint density at radius 2 is 2.05 bits per heavy atom. The maximum Gasteiger partial charge on any atom is 0.317 e. The standard InChI is InChI=1S/C14H24N2O5/c17-6-2-11-1-5-16(9-11)13(20)15-10-14(12(18)19)3-7-21-8-4-14/h11,17H,1-10H2,(H,15,20)(H,18,19). The molecule has 2 heterocycles. The molecule has 7 nitrogen and oxygen atoms in total. The second kappa shape index (κ2) is 7.09. The molecule has 0 bridgehead atoms. The van der Waals surface area contributed by atoms with Gasteiger partial charge in [-0.1, -0.05) is 0 Å². The van der Waals surface area contributed by atoms with Crippen LogP contribution >= 0.6 is 0 Å². The fraction of sp³-hybridized carbons (Fsp3) is 0.857. The molecule has 1 unspecified atom stereocenters. The highest BCUT2D eigenvalue weighted by Gasteiger charge is 2.41. The topological polar surface area (TPSA) is 99.1 Å². The van der Waals surface area contributed by atoms with E-state index in [9.17, 15) is 14.7 Å². The molecule has 2 rings (SSSR count). The van der Waals surface area contributed by atoms with Gasteiger partial charge in [0.15, 0.2) is 0 Å². The average Bonchev–Trinajstić information content (AvgIpc) is 2.95. The number of nitrogens with one attached hydrogen (secondary N) is 1. The van der Waals surface area contributed by atoms with Gasteiger partial charge in [-0.05, 0) is 31.6 Å². The third-order valence-corrected chi connectivity index (χ3v) is 4.59. The lowest BCUT2D eigenvalue weighted by Gasteiger charge is -2.33. The molecular formula is C14H24N2O5. The zero-order valence-corrected chi connectivity index (χ0v) is 12.2. The number of aliphatic hydroxyl groups excluding tert-OH is 1. The summed E-state index contributed by atoms with van der Waals surface area (Å²) in [6.07, 6.45) is 2.46. The van der Waals surface area contributed by atoms with Crippen LogP contribution < -0.4 is 5.32 Å². The molecular weight excluding hydrogens is 276 g/mol. The SMILES string of the molecule is O=C(NCC1(C(=O)O)CCOCC1)N1CCC(CCO)C1. The second-order valence-electron chi connectivity index (χ2n) is 5.97. The summed E-state index contributed by atoms with van der Waals surface area (Å²) in [5.74, 6) is -0.525. The van der Waals surface area contributed by atoms with Gasteiger partial charge in [0.1, 0.15) is 0 Å². The van der Waals surface area contributed by atoms with E-state index < -0.39 is 11.4 Å². The molecule has 0 aliphatic carbocycles. The number of amides is 2. The number of carbonyl (C=O) groups excluding carboxylic acids is 1. The Labute approximate surface area is 124 Å². The van der Waals surface area contributed by atoms with Crippen LogP contribution in [0.25, 0.3) is 0 Å². The van der Waals surface area contributed by atoms with Gasteiger partial charge in [0.2, 0.25) is 0 Å². The molecule has 3 N–H and O–H groups in total. The molecule has 2 fully saturated rings. The summed E-state index contributed by atoms with van der Waals surface area (Å²) in [6.45, 7) is 2.43. The maximum absolute atomic E-state index is 12.1. The molecule has 21 heavy (non-hydrogen) atoms. The number of carbonyl (C=O) groups is 2. The third-order valence-electron chi connectivity index (χ3n) is 4.59. The Kier molecular flexibility index (Phi) is 5.41. The van der Waals surface area contributed by atoms with Gasteiger partial charge in [-0.25, -0.2) is 4.79 Å². The Bertz CT molecular complexity index is 382. The summed E-state index contributed by atoms with van der Waals surface area (Å²) in [5.41, 5.74) is -0.905. The van der Waals surface area contributed by atoms with Gasteiger partial charge in [-0.2, -0.15) is 0 Å². The van der Waals surface area contributed by atoms with Gasteiger partial charge in [-0.15, -0.1) is 0 Å². The number of hydrogen-bond acceptors (Lipinski definition) is 4. The maximum atomic E-state index is 12.1. The fourth-order valence-electron chi connectivity index (χ4n) is 3.02. The van der Waals surface area contributed by atoms with Crippen molar-refractivity contribution in [2.24, 2.45) is 11.3 Å². The van der Waals surface area contributed by atoms with Crippen LogP contribution in [0.3, 0.4) is 0 Å². The van der Waals surface area contributed by atoms with Crippen LogP contribution in [0.15, 0.2) is 0 Å². The molecule has 0 spiro atoms. The van der Waals surface area contributed by atoms with Crippen molar-refractivity contribution >= 4 is 12.0 Å². The van der Waals surface area contributed by atoms with Crippen molar-refractivity contribution in [1.29, 1.82) is 0 Å². The lowest BCUT2D eigenvalue weighted by atomic mass is 9.80. The first kappa shape index (κ1) is 16.0. The molecule has 2 aliphatic rings. The van der Waals surface area contributed by atoms with E-state index in [2.05, 4.69) is 5.32 Å². The van der Waals surface area contributed by atoms with E-state index in [0.717, 1.165) is 6.42 Å². The van der Waals surface area contributed by atoms with Gasteiger partial charge < -0.3 is 25.2 Å². The number of nitrogens with zero attached hydrogens (tertiary/aromatic N) is 1. The fourth-order valence-corrected chi connectivity index (χ4v) is 3.02. The van der Waals surface area contributed by atoms with Crippen molar-refractivity contribution in [2.75, 3.05) is 39.5 Å². The van der Waals surface area contributed by atoms with Crippen molar-refractivity contribution in [1.82, 2.24) is 10.2 Å². The third kappa shape index (κ3) is 3.85. The van der Waals surface area contributed by atoms with E-state index >= 15 is 0 Å². The zero-order chi connectivity index (χ0) is 15.3. The highest BCUT2D eigenvalue weighted by molar-refractivity contribution is 5.78. The lowest BCUT2D eigenvalue weighted by molar-refractivity contribution is -0.154. The molecule has 7 heteroatoms. The molecule has 0 aromatic carbocycles. The molecule has 0 radical (unpaired) electrons. The number of urea groups is 1. The first-order valence-corrected chi connectivity index (χ1v) is 7.52. The number of carboxylic acid groups (broad SMARTS) is 1. The van der Waals surface area contributed by atoms with Crippen molar-refractivity contribution in [3.63, 3.8) is 0 Å². The molecule has 120 valence electrons. The van der Waals surface area contributed by atoms with Crippen LogP contribution in [0.4, 0.5) is 4.79 Å². The van der Waals surface area contributed by atoms with Gasteiger partial charge in [0, 0.05) is 39.5 Å². The quantitative estimate of drug-likeness (QED) is 0.677. The van der Waals surface area contributed by atoms with Crippen LogP contribution in [-0.4, -0.2) is 66.6 Å². The monoisotopic (exact) mass is 300 g/mol. The first-order chi connectivity index (χ1) is 10.1. The van der Waals surface area contributed by atoms with Crippen molar-refractivity contribution < 1.29 is 24.5 Å². The van der Waals surface area contributed by atoms with Crippen LogP contribution in [0, 0.1) is 11.3 Å². The van der Waals surface area contributed by atoms with Gasteiger partial charge in [-0.3, -0.25) is 4.79 Å². The van der Waals surface area contributed by atoms with Gasteiger partial charge in [0.05, 0.1) is 5.41 Å². The molecule has 2 saturated heterocycles. The van der Waals surface area contributed by atoms with Crippen LogP contribution in [0.1, 0.15) is 25.7 Å². The minimum absolute atomic E-state index is 0.141. The van der Waals surface area contributed by atoms with Crippen LogP contribution in [-0.2, 0) is 9.53 Å². The summed E-state index contributed by atoms with van der Waals surface area (Å²) >= 11 is 0. The smallest absolute Gasteiger partial charge is 0.317 e. The summed E-state index contributed by atoms with van der Waals surface area (Å²) in [4.78, 5) is 25.3. The van der Waals surface area contributed by atoms with Crippen molar-refractivity contribution in [2.45, 2.75) is 25.7 Å². The predicted molar refractivity (Wildman–Crippen MR) is 74.9 cm³/mol. The predicted octanol–water partition coefficient (Wildman–Crippen LogP) is 0.282. The highest BCUT2D eigenvalue weighted by Crippen LogP contribution is 2.30. The first-order valence-electron chi connectivity index (χ1n) is 7.52.